The average molecular weight is 364 g/mol. The lowest BCUT2D eigenvalue weighted by Gasteiger charge is -2.34. The maximum absolute atomic E-state index is 12.0. The summed E-state index contributed by atoms with van der Waals surface area (Å²) < 4.78 is 7.36. The number of carbonyl (C=O) groups is 1. The second kappa shape index (κ2) is 10.8. The second-order valence-corrected chi connectivity index (χ2v) is 6.65. The number of hydrogen-bond donors (Lipinski definition) is 1. The number of aryl methyl sites for hydroxylation is 2. The number of guanidine groups is 1. The minimum Gasteiger partial charge on any atom is -0.466 e. The van der Waals surface area contributed by atoms with E-state index in [0.717, 1.165) is 63.6 Å². The Balaban J connectivity index is 1.83. The molecule has 0 amide bonds. The first kappa shape index (κ1) is 20.3. The Morgan fingerprint density at radius 1 is 1.42 bits per heavy atom. The molecule has 0 aromatic carbocycles. The number of esters is 1. The molecular formula is C19H33N5O2. The molecule has 0 bridgehead atoms. The van der Waals surface area contributed by atoms with Crippen LogP contribution in [0.3, 0.4) is 0 Å². The molecular weight excluding hydrogens is 330 g/mol. The van der Waals surface area contributed by atoms with E-state index in [1.54, 1.807) is 0 Å². The molecule has 1 atom stereocenters. The van der Waals surface area contributed by atoms with E-state index >= 15 is 0 Å². The fraction of sp³-hybridized carbons (Fsp3) is 0.737. The third-order valence-corrected chi connectivity index (χ3v) is 4.67. The Morgan fingerprint density at radius 2 is 2.27 bits per heavy atom. The van der Waals surface area contributed by atoms with Gasteiger partial charge in [0.05, 0.1) is 12.5 Å². The molecule has 7 heteroatoms. The zero-order valence-corrected chi connectivity index (χ0v) is 16.4. The Labute approximate surface area is 156 Å². The van der Waals surface area contributed by atoms with E-state index in [9.17, 15) is 4.79 Å². The molecule has 0 aliphatic carbocycles. The standard InChI is InChI=1S/C19H33N5O2/c1-4-20-19(22-10-6-7-12-23-14-11-21-16(23)3)24-13-8-9-17(15-24)18(25)26-5-2/h11,14,17H,4-10,12-13,15H2,1-3H3,(H,20,22). The summed E-state index contributed by atoms with van der Waals surface area (Å²) in [6.07, 6.45) is 7.86. The molecule has 1 aliphatic rings. The Bertz CT molecular complexity index is 584. The minimum absolute atomic E-state index is 0.0447. The van der Waals surface area contributed by atoms with Crippen molar-refractivity contribution in [2.24, 2.45) is 10.9 Å². The maximum atomic E-state index is 12.0. The van der Waals surface area contributed by atoms with Crippen molar-refractivity contribution in [3.63, 3.8) is 0 Å². The molecule has 7 nitrogen and oxygen atoms in total. The summed E-state index contributed by atoms with van der Waals surface area (Å²) in [5, 5.41) is 3.37. The van der Waals surface area contributed by atoms with Crippen molar-refractivity contribution >= 4 is 11.9 Å². The van der Waals surface area contributed by atoms with Gasteiger partial charge in [0.2, 0.25) is 0 Å². The highest BCUT2D eigenvalue weighted by atomic mass is 16.5. The van der Waals surface area contributed by atoms with Crippen molar-refractivity contribution < 1.29 is 9.53 Å². The number of likely N-dealkylation sites (tertiary alicyclic amines) is 1. The fourth-order valence-electron chi connectivity index (χ4n) is 3.27. The van der Waals surface area contributed by atoms with Crippen LogP contribution >= 0.6 is 0 Å². The molecule has 2 heterocycles. The molecule has 1 unspecified atom stereocenters. The highest BCUT2D eigenvalue weighted by Crippen LogP contribution is 2.18. The Hall–Kier alpha value is -2.05. The summed E-state index contributed by atoms with van der Waals surface area (Å²) in [6.45, 7) is 10.6. The van der Waals surface area contributed by atoms with E-state index in [2.05, 4.69) is 26.7 Å². The largest absolute Gasteiger partial charge is 0.466 e. The van der Waals surface area contributed by atoms with Gasteiger partial charge in [0, 0.05) is 45.1 Å². The van der Waals surface area contributed by atoms with Gasteiger partial charge in [-0.05, 0) is 46.5 Å². The highest BCUT2D eigenvalue weighted by molar-refractivity contribution is 5.81. The summed E-state index contributed by atoms with van der Waals surface area (Å²) in [5.41, 5.74) is 0. The van der Waals surface area contributed by atoms with Crippen LogP contribution in [0.1, 0.15) is 45.4 Å². The van der Waals surface area contributed by atoms with Gasteiger partial charge in [-0.15, -0.1) is 0 Å². The Morgan fingerprint density at radius 3 is 2.96 bits per heavy atom. The predicted octanol–water partition coefficient (Wildman–Crippen LogP) is 2.21. The van der Waals surface area contributed by atoms with Gasteiger partial charge in [0.1, 0.15) is 5.82 Å². The van der Waals surface area contributed by atoms with Crippen LogP contribution in [0, 0.1) is 12.8 Å². The smallest absolute Gasteiger partial charge is 0.310 e. The van der Waals surface area contributed by atoms with Gasteiger partial charge in [-0.3, -0.25) is 9.79 Å². The van der Waals surface area contributed by atoms with E-state index in [4.69, 9.17) is 9.73 Å². The summed E-state index contributed by atoms with van der Waals surface area (Å²) in [7, 11) is 0. The predicted molar refractivity (Wildman–Crippen MR) is 103 cm³/mol. The van der Waals surface area contributed by atoms with Crippen LogP contribution in [-0.2, 0) is 16.1 Å². The van der Waals surface area contributed by atoms with Crippen LogP contribution in [0.2, 0.25) is 0 Å². The van der Waals surface area contributed by atoms with Crippen LogP contribution in [0.4, 0.5) is 0 Å². The zero-order chi connectivity index (χ0) is 18.8. The van der Waals surface area contributed by atoms with Crippen molar-refractivity contribution in [1.29, 1.82) is 0 Å². The van der Waals surface area contributed by atoms with E-state index in [0.29, 0.717) is 13.2 Å². The van der Waals surface area contributed by atoms with Gasteiger partial charge in [0.15, 0.2) is 5.96 Å². The third kappa shape index (κ3) is 6.04. The van der Waals surface area contributed by atoms with Gasteiger partial charge < -0.3 is 19.5 Å². The SMILES string of the molecule is CCNC(=NCCCCn1ccnc1C)N1CCCC(C(=O)OCC)C1. The quantitative estimate of drug-likeness (QED) is 0.332. The van der Waals surface area contributed by atoms with Crippen molar-refractivity contribution in [1.82, 2.24) is 19.8 Å². The lowest BCUT2D eigenvalue weighted by molar-refractivity contribution is -0.149. The van der Waals surface area contributed by atoms with Crippen LogP contribution in [-0.4, -0.2) is 59.2 Å². The molecule has 1 aromatic heterocycles. The lowest BCUT2D eigenvalue weighted by Crippen LogP contribution is -2.48. The van der Waals surface area contributed by atoms with E-state index in [1.807, 2.05) is 26.2 Å². The summed E-state index contributed by atoms with van der Waals surface area (Å²) in [4.78, 5) is 23.3. The number of ether oxygens (including phenoxy) is 1. The van der Waals surface area contributed by atoms with Crippen LogP contribution in [0.15, 0.2) is 17.4 Å². The number of aliphatic imine (C=N–C) groups is 1. The monoisotopic (exact) mass is 363 g/mol. The van der Waals surface area contributed by atoms with E-state index in [1.165, 1.54) is 0 Å². The van der Waals surface area contributed by atoms with Gasteiger partial charge in [-0.1, -0.05) is 0 Å². The Kier molecular flexibility index (Phi) is 8.44. The molecule has 146 valence electrons. The number of rotatable bonds is 8. The van der Waals surface area contributed by atoms with Crippen LogP contribution in [0.25, 0.3) is 0 Å². The molecule has 1 saturated heterocycles. The topological polar surface area (TPSA) is 71.8 Å². The highest BCUT2D eigenvalue weighted by Gasteiger charge is 2.28. The fourth-order valence-corrected chi connectivity index (χ4v) is 3.27. The molecule has 2 rings (SSSR count). The van der Waals surface area contributed by atoms with Gasteiger partial charge >= 0.3 is 5.97 Å². The van der Waals surface area contributed by atoms with Crippen molar-refractivity contribution in [3.05, 3.63) is 18.2 Å². The first-order chi connectivity index (χ1) is 12.7. The number of unbranched alkanes of at least 4 members (excludes halogenated alkanes) is 1. The molecule has 1 aliphatic heterocycles. The van der Waals surface area contributed by atoms with Crippen LogP contribution in [0.5, 0.6) is 0 Å². The molecule has 1 fully saturated rings. The first-order valence-electron chi connectivity index (χ1n) is 9.83. The number of imidazole rings is 1. The maximum Gasteiger partial charge on any atom is 0.310 e. The molecule has 0 saturated carbocycles. The number of piperidine rings is 1. The number of aromatic nitrogens is 2. The summed E-state index contributed by atoms with van der Waals surface area (Å²) >= 11 is 0. The first-order valence-corrected chi connectivity index (χ1v) is 9.83. The number of nitrogens with one attached hydrogen (secondary N) is 1. The van der Waals surface area contributed by atoms with E-state index < -0.39 is 0 Å². The molecule has 0 spiro atoms. The molecule has 1 N–H and O–H groups in total. The van der Waals surface area contributed by atoms with Crippen molar-refractivity contribution in [2.45, 2.75) is 53.0 Å². The van der Waals surface area contributed by atoms with Gasteiger partial charge in [-0.2, -0.15) is 0 Å². The zero-order valence-electron chi connectivity index (χ0n) is 16.4. The van der Waals surface area contributed by atoms with Gasteiger partial charge in [0.25, 0.3) is 0 Å². The number of hydrogen-bond acceptors (Lipinski definition) is 4. The average Bonchev–Trinajstić information content (AvgIpc) is 3.06. The van der Waals surface area contributed by atoms with Crippen molar-refractivity contribution in [3.8, 4) is 0 Å². The molecule has 1 aromatic rings. The molecule has 26 heavy (non-hydrogen) atoms. The number of carbonyl (C=O) groups excluding carboxylic acids is 1. The normalized spacial score (nSPS) is 18.0. The van der Waals surface area contributed by atoms with Crippen LogP contribution < -0.4 is 5.32 Å². The third-order valence-electron chi connectivity index (χ3n) is 4.67. The minimum atomic E-state index is -0.0799. The van der Waals surface area contributed by atoms with E-state index in [-0.39, 0.29) is 11.9 Å². The summed E-state index contributed by atoms with van der Waals surface area (Å²) in [6, 6.07) is 0. The lowest BCUT2D eigenvalue weighted by atomic mass is 9.98. The molecule has 0 radical (unpaired) electrons. The number of nitrogens with zero attached hydrogens (tertiary/aromatic N) is 4. The second-order valence-electron chi connectivity index (χ2n) is 6.65. The van der Waals surface area contributed by atoms with Crippen molar-refractivity contribution in [2.75, 3.05) is 32.8 Å². The summed E-state index contributed by atoms with van der Waals surface area (Å²) in [5.74, 6) is 1.85. The van der Waals surface area contributed by atoms with Gasteiger partial charge in [-0.25, -0.2) is 4.98 Å².